The molecule has 0 aliphatic heterocycles. The first-order chi connectivity index (χ1) is 7.40. The lowest BCUT2D eigenvalue weighted by atomic mass is 10.1. The highest BCUT2D eigenvalue weighted by Gasteiger charge is 2.15. The molecule has 0 spiro atoms. The van der Waals surface area contributed by atoms with E-state index >= 15 is 0 Å². The van der Waals surface area contributed by atoms with Gasteiger partial charge in [-0.1, -0.05) is 20.8 Å². The van der Waals surface area contributed by atoms with Crippen molar-refractivity contribution in [2.24, 2.45) is 0 Å². The van der Waals surface area contributed by atoms with Crippen LogP contribution in [0.5, 0.6) is 0 Å². The monoisotopic (exact) mass is 267 g/mol. The first kappa shape index (κ1) is 16.3. The van der Waals surface area contributed by atoms with Crippen LogP contribution in [0.2, 0.25) is 0 Å². The van der Waals surface area contributed by atoms with Crippen LogP contribution in [0.3, 0.4) is 0 Å². The molecule has 0 saturated carbocycles. The molecule has 2 unspecified atom stereocenters. The summed E-state index contributed by atoms with van der Waals surface area (Å²) in [5.74, 6) is 0.983. The van der Waals surface area contributed by atoms with E-state index in [1.54, 1.807) is 11.8 Å². The molecule has 2 atom stereocenters. The van der Waals surface area contributed by atoms with Crippen molar-refractivity contribution in [3.05, 3.63) is 0 Å². The average molecular weight is 267 g/mol. The van der Waals surface area contributed by atoms with E-state index in [9.17, 15) is 8.42 Å². The molecule has 98 valence electrons. The molecule has 0 aromatic rings. The third-order valence-corrected chi connectivity index (χ3v) is 5.00. The van der Waals surface area contributed by atoms with E-state index < -0.39 is 9.84 Å². The molecular formula is C11H25NO2S2. The van der Waals surface area contributed by atoms with Gasteiger partial charge in [-0.15, -0.1) is 0 Å². The molecule has 16 heavy (non-hydrogen) atoms. The van der Waals surface area contributed by atoms with Gasteiger partial charge in [-0.2, -0.15) is 11.8 Å². The van der Waals surface area contributed by atoms with Crippen LogP contribution in [0, 0.1) is 0 Å². The van der Waals surface area contributed by atoms with Gasteiger partial charge in [0.15, 0.2) is 0 Å². The summed E-state index contributed by atoms with van der Waals surface area (Å²) in [6, 6.07) is 0.490. The minimum atomic E-state index is -2.81. The minimum Gasteiger partial charge on any atom is -0.313 e. The zero-order valence-corrected chi connectivity index (χ0v) is 12.5. The van der Waals surface area contributed by atoms with Crippen molar-refractivity contribution in [1.82, 2.24) is 5.32 Å². The summed E-state index contributed by atoms with van der Waals surface area (Å²) >= 11 is 1.74. The van der Waals surface area contributed by atoms with Gasteiger partial charge in [0, 0.05) is 23.3 Å². The topological polar surface area (TPSA) is 46.2 Å². The van der Waals surface area contributed by atoms with Crippen LogP contribution in [0.25, 0.3) is 0 Å². The molecule has 0 heterocycles. The van der Waals surface area contributed by atoms with E-state index in [1.165, 1.54) is 6.26 Å². The van der Waals surface area contributed by atoms with Crippen molar-refractivity contribution < 1.29 is 8.42 Å². The predicted octanol–water partition coefficient (Wildman–Crippen LogP) is 1.93. The van der Waals surface area contributed by atoms with Crippen molar-refractivity contribution in [1.29, 1.82) is 0 Å². The second-order valence-corrected chi connectivity index (χ2v) is 7.92. The largest absolute Gasteiger partial charge is 0.313 e. The highest BCUT2D eigenvalue weighted by Crippen LogP contribution is 2.16. The third kappa shape index (κ3) is 8.42. The van der Waals surface area contributed by atoms with Gasteiger partial charge in [0.05, 0.1) is 5.75 Å². The first-order valence-corrected chi connectivity index (χ1v) is 9.04. The summed E-state index contributed by atoms with van der Waals surface area (Å²) in [6.45, 7) is 7.53. The highest BCUT2D eigenvalue weighted by atomic mass is 32.2. The SMILES string of the molecule is CCCNC(CC)C(C)SCCS(C)(=O)=O. The van der Waals surface area contributed by atoms with Crippen LogP contribution in [0.15, 0.2) is 0 Å². The molecule has 1 N–H and O–H groups in total. The van der Waals surface area contributed by atoms with Gasteiger partial charge in [0.1, 0.15) is 9.84 Å². The van der Waals surface area contributed by atoms with E-state index in [4.69, 9.17) is 0 Å². The maximum absolute atomic E-state index is 11.0. The summed E-state index contributed by atoms with van der Waals surface area (Å²) in [4.78, 5) is 0. The fraction of sp³-hybridized carbons (Fsp3) is 1.00. The molecule has 0 saturated heterocycles. The normalized spacial score (nSPS) is 16.0. The Morgan fingerprint density at radius 1 is 1.31 bits per heavy atom. The first-order valence-electron chi connectivity index (χ1n) is 5.93. The number of hydrogen-bond acceptors (Lipinski definition) is 4. The van der Waals surface area contributed by atoms with E-state index in [0.29, 0.717) is 17.0 Å². The van der Waals surface area contributed by atoms with Gasteiger partial charge in [-0.25, -0.2) is 8.42 Å². The maximum atomic E-state index is 11.0. The molecule has 0 amide bonds. The Kier molecular flexibility index (Phi) is 8.50. The van der Waals surface area contributed by atoms with Gasteiger partial charge in [-0.3, -0.25) is 0 Å². The Bertz CT molecular complexity index is 265. The molecule has 0 aromatic carbocycles. The number of sulfone groups is 1. The zero-order chi connectivity index (χ0) is 12.6. The van der Waals surface area contributed by atoms with E-state index in [0.717, 1.165) is 19.4 Å². The van der Waals surface area contributed by atoms with Gasteiger partial charge >= 0.3 is 0 Å². The summed E-state index contributed by atoms with van der Waals surface area (Å²) in [6.07, 6.45) is 3.52. The van der Waals surface area contributed by atoms with Crippen LogP contribution in [-0.4, -0.2) is 44.0 Å². The quantitative estimate of drug-likeness (QED) is 0.693. The summed E-state index contributed by atoms with van der Waals surface area (Å²) in [7, 11) is -2.81. The van der Waals surface area contributed by atoms with E-state index in [1.807, 2.05) is 0 Å². The Hall–Kier alpha value is 0.260. The van der Waals surface area contributed by atoms with Gasteiger partial charge in [-0.05, 0) is 19.4 Å². The molecule has 0 aliphatic carbocycles. The van der Waals surface area contributed by atoms with Crippen LogP contribution < -0.4 is 5.32 Å². The van der Waals surface area contributed by atoms with Gasteiger partial charge < -0.3 is 5.32 Å². The Balaban J connectivity index is 3.87. The number of nitrogens with one attached hydrogen (secondary N) is 1. The van der Waals surface area contributed by atoms with Crippen molar-refractivity contribution in [3.8, 4) is 0 Å². The number of thioether (sulfide) groups is 1. The lowest BCUT2D eigenvalue weighted by Crippen LogP contribution is -2.37. The highest BCUT2D eigenvalue weighted by molar-refractivity contribution is 8.01. The summed E-state index contributed by atoms with van der Waals surface area (Å²) in [5.41, 5.74) is 0. The van der Waals surface area contributed by atoms with Crippen molar-refractivity contribution in [2.45, 2.75) is 44.9 Å². The average Bonchev–Trinajstić information content (AvgIpc) is 2.17. The lowest BCUT2D eigenvalue weighted by molar-refractivity contribution is 0.494. The molecule has 0 aromatic heterocycles. The van der Waals surface area contributed by atoms with E-state index in [-0.39, 0.29) is 5.75 Å². The number of rotatable bonds is 9. The molecule has 0 fully saturated rings. The zero-order valence-electron chi connectivity index (χ0n) is 10.8. The molecular weight excluding hydrogens is 242 g/mol. The standard InChI is InChI=1S/C11H25NO2S2/c1-5-7-12-11(6-2)10(3)15-8-9-16(4,13)14/h10-12H,5-9H2,1-4H3. The fourth-order valence-corrected chi connectivity index (χ4v) is 3.96. The molecule has 0 aliphatic rings. The second kappa shape index (κ2) is 8.37. The van der Waals surface area contributed by atoms with Crippen molar-refractivity contribution in [3.63, 3.8) is 0 Å². The Morgan fingerprint density at radius 2 is 1.94 bits per heavy atom. The van der Waals surface area contributed by atoms with E-state index in [2.05, 4.69) is 26.1 Å². The predicted molar refractivity (Wildman–Crippen MR) is 74.0 cm³/mol. The minimum absolute atomic E-state index is 0.284. The summed E-state index contributed by atoms with van der Waals surface area (Å²) < 4.78 is 22.0. The van der Waals surface area contributed by atoms with Gasteiger partial charge in [0.25, 0.3) is 0 Å². The van der Waals surface area contributed by atoms with Crippen molar-refractivity contribution >= 4 is 21.6 Å². The second-order valence-electron chi connectivity index (χ2n) is 4.17. The van der Waals surface area contributed by atoms with Crippen molar-refractivity contribution in [2.75, 3.05) is 24.3 Å². The third-order valence-electron chi connectivity index (χ3n) is 2.50. The van der Waals surface area contributed by atoms with Crippen LogP contribution in [0.1, 0.15) is 33.6 Å². The molecule has 5 heteroatoms. The lowest BCUT2D eigenvalue weighted by Gasteiger charge is -2.23. The smallest absolute Gasteiger partial charge is 0.148 e. The fourth-order valence-electron chi connectivity index (χ4n) is 1.47. The summed E-state index contributed by atoms with van der Waals surface area (Å²) in [5, 5.41) is 3.97. The molecule has 0 rings (SSSR count). The number of hydrogen-bond donors (Lipinski definition) is 1. The van der Waals surface area contributed by atoms with Crippen LogP contribution >= 0.6 is 11.8 Å². The molecule has 0 radical (unpaired) electrons. The maximum Gasteiger partial charge on any atom is 0.148 e. The van der Waals surface area contributed by atoms with Crippen LogP contribution in [-0.2, 0) is 9.84 Å². The van der Waals surface area contributed by atoms with Crippen LogP contribution in [0.4, 0.5) is 0 Å². The Morgan fingerprint density at radius 3 is 2.38 bits per heavy atom. The Labute approximate surface area is 105 Å². The van der Waals surface area contributed by atoms with Gasteiger partial charge in [0.2, 0.25) is 0 Å². The molecule has 0 bridgehead atoms. The molecule has 3 nitrogen and oxygen atoms in total.